The highest BCUT2D eigenvalue weighted by atomic mass is 19.3. The summed E-state index contributed by atoms with van der Waals surface area (Å²) in [6, 6.07) is 8.53. The number of esters is 1. The van der Waals surface area contributed by atoms with Crippen LogP contribution in [0.4, 0.5) is 8.78 Å². The largest absolute Gasteiger partial charge is 0.464 e. The molecule has 0 unspecified atom stereocenters. The van der Waals surface area contributed by atoms with Gasteiger partial charge in [-0.3, -0.25) is 0 Å². The zero-order chi connectivity index (χ0) is 14.5. The van der Waals surface area contributed by atoms with Crippen LogP contribution in [0.1, 0.15) is 18.9 Å². The Hall–Kier alpha value is -1.75. The molecule has 1 aromatic rings. The third kappa shape index (κ3) is 3.61. The Morgan fingerprint density at radius 1 is 1.42 bits per heavy atom. The van der Waals surface area contributed by atoms with Gasteiger partial charge >= 0.3 is 5.97 Å². The second-order valence-corrected chi connectivity index (χ2v) is 4.09. The van der Waals surface area contributed by atoms with Gasteiger partial charge in [-0.15, -0.1) is 0 Å². The second kappa shape index (κ2) is 6.43. The summed E-state index contributed by atoms with van der Waals surface area (Å²) in [7, 11) is 0. The van der Waals surface area contributed by atoms with Crippen molar-refractivity contribution in [2.24, 2.45) is 0 Å². The smallest absolute Gasteiger partial charge is 0.344 e. The number of carbonyl (C=O) groups excluding carboxylic acids is 1. The molecule has 1 atom stereocenters. The van der Waals surface area contributed by atoms with Gasteiger partial charge in [0, 0.05) is 6.42 Å². The number of halogens is 2. The number of rotatable bonds is 6. The zero-order valence-electron chi connectivity index (χ0n) is 10.6. The van der Waals surface area contributed by atoms with Gasteiger partial charge in [0.05, 0.1) is 6.61 Å². The average molecular weight is 270 g/mol. The number of benzene rings is 1. The van der Waals surface area contributed by atoms with Crippen LogP contribution in [0.2, 0.25) is 0 Å². The molecule has 0 aliphatic rings. The number of hydrogen-bond acceptors (Lipinski definition) is 3. The summed E-state index contributed by atoms with van der Waals surface area (Å²) in [5, 5.41) is 9.83. The summed E-state index contributed by atoms with van der Waals surface area (Å²) in [6.07, 6.45) is -3.82. The van der Waals surface area contributed by atoms with Crippen LogP contribution in [0, 0.1) is 0 Å². The van der Waals surface area contributed by atoms with Gasteiger partial charge in [0.1, 0.15) is 0 Å². The SMILES string of the molecule is C=C(C[C@@](O)(C(=O)OCC)C(F)F)c1ccccc1. The highest BCUT2D eigenvalue weighted by Gasteiger charge is 2.47. The molecule has 0 fully saturated rings. The Labute approximate surface area is 110 Å². The van der Waals surface area contributed by atoms with E-state index in [1.807, 2.05) is 0 Å². The third-order valence-corrected chi connectivity index (χ3v) is 2.65. The van der Waals surface area contributed by atoms with E-state index < -0.39 is 24.4 Å². The van der Waals surface area contributed by atoms with Crippen LogP contribution in [-0.2, 0) is 9.53 Å². The van der Waals surface area contributed by atoms with E-state index in [-0.39, 0.29) is 12.2 Å². The Morgan fingerprint density at radius 2 is 2.00 bits per heavy atom. The van der Waals surface area contributed by atoms with Crippen molar-refractivity contribution in [3.8, 4) is 0 Å². The fourth-order valence-corrected chi connectivity index (χ4v) is 1.60. The lowest BCUT2D eigenvalue weighted by Crippen LogP contribution is -2.47. The molecule has 5 heteroatoms. The molecule has 0 heterocycles. The summed E-state index contributed by atoms with van der Waals surface area (Å²) < 4.78 is 30.4. The van der Waals surface area contributed by atoms with Gasteiger partial charge in [-0.2, -0.15) is 0 Å². The zero-order valence-corrected chi connectivity index (χ0v) is 10.6. The van der Waals surface area contributed by atoms with E-state index in [9.17, 15) is 18.7 Å². The van der Waals surface area contributed by atoms with Crippen molar-refractivity contribution in [3.05, 3.63) is 42.5 Å². The third-order valence-electron chi connectivity index (χ3n) is 2.65. The number of alkyl halides is 2. The van der Waals surface area contributed by atoms with Crippen LogP contribution in [0.25, 0.3) is 5.57 Å². The first-order chi connectivity index (χ1) is 8.91. The van der Waals surface area contributed by atoms with Gasteiger partial charge in [0.25, 0.3) is 6.43 Å². The van der Waals surface area contributed by atoms with E-state index in [0.717, 1.165) is 0 Å². The Bertz CT molecular complexity index is 445. The van der Waals surface area contributed by atoms with Crippen molar-refractivity contribution in [2.75, 3.05) is 6.61 Å². The lowest BCUT2D eigenvalue weighted by molar-refractivity contribution is -0.181. The lowest BCUT2D eigenvalue weighted by Gasteiger charge is -2.25. The molecule has 1 N–H and O–H groups in total. The quantitative estimate of drug-likeness (QED) is 0.808. The maximum absolute atomic E-state index is 12.9. The molecule has 1 rings (SSSR count). The predicted octanol–water partition coefficient (Wildman–Crippen LogP) is 2.65. The van der Waals surface area contributed by atoms with Crippen LogP contribution in [0.5, 0.6) is 0 Å². The molecular weight excluding hydrogens is 254 g/mol. The number of aliphatic hydroxyl groups is 1. The molecule has 0 amide bonds. The summed E-state index contributed by atoms with van der Waals surface area (Å²) in [5.74, 6) is -1.33. The molecule has 0 spiro atoms. The van der Waals surface area contributed by atoms with Crippen molar-refractivity contribution in [1.29, 1.82) is 0 Å². The van der Waals surface area contributed by atoms with Gasteiger partial charge in [0.15, 0.2) is 0 Å². The number of carbonyl (C=O) groups is 1. The minimum absolute atomic E-state index is 0.0777. The average Bonchev–Trinajstić information content (AvgIpc) is 2.39. The summed E-state index contributed by atoms with van der Waals surface area (Å²) in [6.45, 7) is 5.04. The molecule has 0 radical (unpaired) electrons. The monoisotopic (exact) mass is 270 g/mol. The van der Waals surface area contributed by atoms with Crippen LogP contribution < -0.4 is 0 Å². The standard InChI is InChI=1S/C14H16F2O3/c1-3-19-13(17)14(18,12(15)16)9-10(2)11-7-5-4-6-8-11/h4-8,12,18H,2-3,9H2,1H3/t14-/m0/s1. The van der Waals surface area contributed by atoms with Gasteiger partial charge in [-0.05, 0) is 18.1 Å². The lowest BCUT2D eigenvalue weighted by atomic mass is 9.92. The molecule has 0 saturated carbocycles. The molecule has 3 nitrogen and oxygen atoms in total. The molecule has 104 valence electrons. The van der Waals surface area contributed by atoms with Crippen molar-refractivity contribution in [3.63, 3.8) is 0 Å². The molecule has 0 aliphatic carbocycles. The molecule has 19 heavy (non-hydrogen) atoms. The summed E-state index contributed by atoms with van der Waals surface area (Å²) in [4.78, 5) is 11.5. The first-order valence-corrected chi connectivity index (χ1v) is 5.82. The van der Waals surface area contributed by atoms with Crippen LogP contribution in [-0.4, -0.2) is 29.7 Å². The minimum atomic E-state index is -3.24. The van der Waals surface area contributed by atoms with Crippen LogP contribution in [0.15, 0.2) is 36.9 Å². The van der Waals surface area contributed by atoms with Gasteiger partial charge < -0.3 is 9.84 Å². The van der Waals surface area contributed by atoms with Gasteiger partial charge in [-0.1, -0.05) is 36.9 Å². The van der Waals surface area contributed by atoms with Crippen molar-refractivity contribution in [2.45, 2.75) is 25.4 Å². The fraction of sp³-hybridized carbons (Fsp3) is 0.357. The molecule has 1 aromatic carbocycles. The molecule has 0 aromatic heterocycles. The first-order valence-electron chi connectivity index (χ1n) is 5.82. The Balaban J connectivity index is 2.91. The van der Waals surface area contributed by atoms with Crippen LogP contribution in [0.3, 0.4) is 0 Å². The number of hydrogen-bond donors (Lipinski definition) is 1. The Morgan fingerprint density at radius 3 is 2.47 bits per heavy atom. The molecule has 0 bridgehead atoms. The topological polar surface area (TPSA) is 46.5 Å². The highest BCUT2D eigenvalue weighted by Crippen LogP contribution is 2.29. The van der Waals surface area contributed by atoms with E-state index in [2.05, 4.69) is 11.3 Å². The first kappa shape index (κ1) is 15.3. The second-order valence-electron chi connectivity index (χ2n) is 4.09. The Kier molecular flexibility index (Phi) is 5.18. The van der Waals surface area contributed by atoms with E-state index in [0.29, 0.717) is 5.56 Å². The number of ether oxygens (including phenoxy) is 1. The van der Waals surface area contributed by atoms with E-state index in [4.69, 9.17) is 0 Å². The highest BCUT2D eigenvalue weighted by molar-refractivity contribution is 5.83. The predicted molar refractivity (Wildman–Crippen MR) is 67.7 cm³/mol. The maximum Gasteiger partial charge on any atom is 0.344 e. The van der Waals surface area contributed by atoms with E-state index >= 15 is 0 Å². The minimum Gasteiger partial charge on any atom is -0.464 e. The van der Waals surface area contributed by atoms with Gasteiger partial charge in [-0.25, -0.2) is 13.6 Å². The van der Waals surface area contributed by atoms with Crippen LogP contribution >= 0.6 is 0 Å². The van der Waals surface area contributed by atoms with Crippen molar-refractivity contribution >= 4 is 11.5 Å². The van der Waals surface area contributed by atoms with E-state index in [1.54, 1.807) is 30.3 Å². The van der Waals surface area contributed by atoms with Gasteiger partial charge in [0.2, 0.25) is 5.60 Å². The normalized spacial score (nSPS) is 13.9. The van der Waals surface area contributed by atoms with Crippen molar-refractivity contribution < 1.29 is 23.4 Å². The summed E-state index contributed by atoms with van der Waals surface area (Å²) in [5.41, 5.74) is -2.02. The maximum atomic E-state index is 12.9. The fourth-order valence-electron chi connectivity index (χ4n) is 1.60. The molecule has 0 saturated heterocycles. The van der Waals surface area contributed by atoms with Crippen molar-refractivity contribution in [1.82, 2.24) is 0 Å². The molecule has 0 aliphatic heterocycles. The summed E-state index contributed by atoms with van der Waals surface area (Å²) >= 11 is 0. The molecular formula is C14H16F2O3. The van der Waals surface area contributed by atoms with E-state index in [1.165, 1.54) is 6.92 Å².